The van der Waals surface area contributed by atoms with Crippen molar-refractivity contribution in [2.75, 3.05) is 14.7 Å². The zero-order valence-corrected chi connectivity index (χ0v) is 38.6. The molecule has 0 saturated carbocycles. The SMILES string of the molecule is Cc1cc(N(c2ccccc2)c2ccccc2)cc(N2c3cc(C)ccc3B3c4ccccc4N(c4ccc(C(c5ccccc5)(c5ccccc5)c5ccccc5)cc4)c4cc(C)cc2c43)c1. The van der Waals surface area contributed by atoms with E-state index in [4.69, 9.17) is 0 Å². The summed E-state index contributed by atoms with van der Waals surface area (Å²) in [5.41, 5.74) is 22.3. The van der Waals surface area contributed by atoms with Crippen LogP contribution in [0.2, 0.25) is 0 Å². The van der Waals surface area contributed by atoms with Crippen LogP contribution in [0.25, 0.3) is 0 Å². The summed E-state index contributed by atoms with van der Waals surface area (Å²) in [6.07, 6.45) is 0. The molecule has 0 atom stereocenters. The third kappa shape index (κ3) is 6.75. The maximum absolute atomic E-state index is 2.54. The van der Waals surface area contributed by atoms with Gasteiger partial charge in [-0.05, 0) is 155 Å². The summed E-state index contributed by atoms with van der Waals surface area (Å²) in [7, 11) is 0. The van der Waals surface area contributed by atoms with Crippen LogP contribution >= 0.6 is 0 Å². The normalized spacial score (nSPS) is 12.5. The van der Waals surface area contributed by atoms with Gasteiger partial charge in [-0.3, -0.25) is 0 Å². The van der Waals surface area contributed by atoms with Crippen molar-refractivity contribution in [3.8, 4) is 0 Å². The number of para-hydroxylation sites is 3. The quantitative estimate of drug-likeness (QED) is 0.106. The Bertz CT molecular complexity index is 3290. The smallest absolute Gasteiger partial charge is 0.252 e. The molecule has 12 rings (SSSR count). The first-order chi connectivity index (χ1) is 33.5. The molecule has 3 nitrogen and oxygen atoms in total. The van der Waals surface area contributed by atoms with Crippen molar-refractivity contribution < 1.29 is 0 Å². The fourth-order valence-electron chi connectivity index (χ4n) is 11.3. The Kier molecular flexibility index (Phi) is 10.2. The number of hydrogen-bond acceptors (Lipinski definition) is 3. The highest BCUT2D eigenvalue weighted by molar-refractivity contribution is 7.00. The summed E-state index contributed by atoms with van der Waals surface area (Å²) < 4.78 is 0. The summed E-state index contributed by atoms with van der Waals surface area (Å²) in [5.74, 6) is 0. The number of rotatable bonds is 9. The summed E-state index contributed by atoms with van der Waals surface area (Å²) in [6.45, 7) is 6.72. The second-order valence-electron chi connectivity index (χ2n) is 18.4. The first-order valence-corrected chi connectivity index (χ1v) is 23.7. The predicted molar refractivity (Wildman–Crippen MR) is 288 cm³/mol. The van der Waals surface area contributed by atoms with Gasteiger partial charge in [0.2, 0.25) is 0 Å². The fourth-order valence-corrected chi connectivity index (χ4v) is 11.3. The number of aryl methyl sites for hydroxylation is 3. The molecule has 0 unspecified atom stereocenters. The largest absolute Gasteiger partial charge is 0.311 e. The van der Waals surface area contributed by atoms with Crippen LogP contribution in [0.1, 0.15) is 38.9 Å². The molecule has 0 aliphatic carbocycles. The highest BCUT2D eigenvalue weighted by Crippen LogP contribution is 2.49. The summed E-state index contributed by atoms with van der Waals surface area (Å²) in [4.78, 5) is 7.43. The lowest BCUT2D eigenvalue weighted by atomic mass is 9.33. The Morgan fingerprint density at radius 1 is 0.324 bits per heavy atom. The molecule has 0 radical (unpaired) electrons. The predicted octanol–water partition coefficient (Wildman–Crippen LogP) is 14.5. The lowest BCUT2D eigenvalue weighted by molar-refractivity contribution is 0.745. The average Bonchev–Trinajstić information content (AvgIpc) is 3.38. The molecule has 324 valence electrons. The number of fused-ring (bicyclic) bond motifs is 4. The van der Waals surface area contributed by atoms with Crippen LogP contribution < -0.4 is 31.1 Å². The molecule has 0 N–H and O–H groups in total. The van der Waals surface area contributed by atoms with E-state index in [1.165, 1.54) is 78.1 Å². The monoisotopic (exact) mass is 871 g/mol. The molecule has 68 heavy (non-hydrogen) atoms. The maximum Gasteiger partial charge on any atom is 0.252 e. The van der Waals surface area contributed by atoms with E-state index in [0.717, 1.165) is 28.4 Å². The minimum atomic E-state index is -0.540. The molecule has 2 aliphatic rings. The lowest BCUT2D eigenvalue weighted by Crippen LogP contribution is -2.61. The van der Waals surface area contributed by atoms with E-state index in [1.807, 2.05) is 0 Å². The van der Waals surface area contributed by atoms with Crippen LogP contribution in [0.3, 0.4) is 0 Å². The molecule has 0 saturated heterocycles. The topological polar surface area (TPSA) is 9.72 Å². The van der Waals surface area contributed by atoms with Crippen molar-refractivity contribution in [2.45, 2.75) is 26.2 Å². The van der Waals surface area contributed by atoms with Crippen molar-refractivity contribution in [3.05, 3.63) is 288 Å². The van der Waals surface area contributed by atoms with E-state index in [9.17, 15) is 0 Å². The standard InChI is InChI=1S/C64H50BN3/c1-45-33-38-58-60(41-45)68(56-40-46(2)39-55(44-56)66(52-27-15-7-16-28-52)53-29-17-8-18-30-53)62-43-47(3)42-61-63(62)65(58)57-31-19-20-32-59(57)67(61)54-36-34-51(35-37-54)64(48-21-9-4-10-22-48,49-23-11-5-12-24-49)50-25-13-6-14-26-50/h4-44H,1-3H3. The van der Waals surface area contributed by atoms with Crippen LogP contribution in [0.4, 0.5) is 51.2 Å². The van der Waals surface area contributed by atoms with Gasteiger partial charge in [-0.15, -0.1) is 0 Å². The Labute approximate surface area is 400 Å². The van der Waals surface area contributed by atoms with Crippen molar-refractivity contribution in [1.82, 2.24) is 0 Å². The molecule has 0 bridgehead atoms. The van der Waals surface area contributed by atoms with Gasteiger partial charge >= 0.3 is 0 Å². The van der Waals surface area contributed by atoms with E-state index in [-0.39, 0.29) is 6.71 Å². The molecule has 4 heteroatoms. The van der Waals surface area contributed by atoms with E-state index in [2.05, 4.69) is 284 Å². The highest BCUT2D eigenvalue weighted by atomic mass is 15.2. The number of nitrogens with zero attached hydrogens (tertiary/aromatic N) is 3. The van der Waals surface area contributed by atoms with Gasteiger partial charge in [-0.1, -0.05) is 170 Å². The first-order valence-electron chi connectivity index (χ1n) is 23.7. The third-order valence-corrected chi connectivity index (χ3v) is 14.0. The number of anilines is 9. The highest BCUT2D eigenvalue weighted by Gasteiger charge is 2.44. The second kappa shape index (κ2) is 16.8. The minimum Gasteiger partial charge on any atom is -0.311 e. The van der Waals surface area contributed by atoms with E-state index in [0.29, 0.717) is 0 Å². The van der Waals surface area contributed by atoms with Crippen LogP contribution in [-0.2, 0) is 5.41 Å². The fraction of sp³-hybridized carbons (Fsp3) is 0.0625. The third-order valence-electron chi connectivity index (χ3n) is 14.0. The second-order valence-corrected chi connectivity index (χ2v) is 18.4. The number of benzene rings is 10. The van der Waals surface area contributed by atoms with Crippen LogP contribution in [0.15, 0.2) is 249 Å². The zero-order valence-electron chi connectivity index (χ0n) is 38.6. The summed E-state index contributed by atoms with van der Waals surface area (Å²) >= 11 is 0. The summed E-state index contributed by atoms with van der Waals surface area (Å²) in [6, 6.07) is 91.8. The molecule has 10 aromatic carbocycles. The van der Waals surface area contributed by atoms with E-state index < -0.39 is 5.41 Å². The van der Waals surface area contributed by atoms with Crippen LogP contribution in [-0.4, -0.2) is 6.71 Å². The Hall–Kier alpha value is -8.34. The molecular formula is C64H50BN3. The first kappa shape index (κ1) is 41.1. The van der Waals surface area contributed by atoms with Gasteiger partial charge < -0.3 is 14.7 Å². The van der Waals surface area contributed by atoms with Crippen molar-refractivity contribution >= 4 is 74.3 Å². The zero-order chi connectivity index (χ0) is 45.8. The maximum atomic E-state index is 2.54. The minimum absolute atomic E-state index is 0.0375. The van der Waals surface area contributed by atoms with Gasteiger partial charge in [0.15, 0.2) is 0 Å². The molecule has 0 spiro atoms. The Balaban J connectivity index is 1.06. The molecule has 2 aliphatic heterocycles. The van der Waals surface area contributed by atoms with Crippen LogP contribution in [0, 0.1) is 20.8 Å². The van der Waals surface area contributed by atoms with Crippen molar-refractivity contribution in [1.29, 1.82) is 0 Å². The average molecular weight is 872 g/mol. The summed E-state index contributed by atoms with van der Waals surface area (Å²) in [5, 5.41) is 0. The Morgan fingerprint density at radius 3 is 1.32 bits per heavy atom. The molecule has 0 fully saturated rings. The van der Waals surface area contributed by atoms with Gasteiger partial charge in [-0.2, -0.15) is 0 Å². The van der Waals surface area contributed by atoms with Crippen molar-refractivity contribution in [3.63, 3.8) is 0 Å². The molecule has 10 aromatic rings. The lowest BCUT2D eigenvalue weighted by Gasteiger charge is -2.44. The van der Waals surface area contributed by atoms with Crippen molar-refractivity contribution in [2.24, 2.45) is 0 Å². The van der Waals surface area contributed by atoms with Gasteiger partial charge in [0.25, 0.3) is 6.71 Å². The Morgan fingerprint density at radius 2 is 0.765 bits per heavy atom. The van der Waals surface area contributed by atoms with Crippen LogP contribution in [0.5, 0.6) is 0 Å². The molecule has 0 amide bonds. The number of hydrogen-bond donors (Lipinski definition) is 0. The van der Waals surface area contributed by atoms with Gasteiger partial charge in [0, 0.05) is 51.2 Å². The molecular weight excluding hydrogens is 822 g/mol. The van der Waals surface area contributed by atoms with Gasteiger partial charge in [0.05, 0.1) is 5.41 Å². The molecule has 0 aromatic heterocycles. The van der Waals surface area contributed by atoms with E-state index >= 15 is 0 Å². The van der Waals surface area contributed by atoms with Gasteiger partial charge in [0.1, 0.15) is 0 Å². The van der Waals surface area contributed by atoms with E-state index in [1.54, 1.807) is 0 Å². The molecule has 2 heterocycles. The van der Waals surface area contributed by atoms with Gasteiger partial charge in [-0.25, -0.2) is 0 Å².